The lowest BCUT2D eigenvalue weighted by Crippen LogP contribution is -2.26. The first-order valence-corrected chi connectivity index (χ1v) is 6.87. The molecule has 0 amide bonds. The highest BCUT2D eigenvalue weighted by Crippen LogP contribution is 2.37. The Labute approximate surface area is 113 Å². The zero-order valence-electron chi connectivity index (χ0n) is 8.69. The molecule has 0 aliphatic heterocycles. The van der Waals surface area contributed by atoms with E-state index in [0.717, 1.165) is 12.0 Å². The Morgan fingerprint density at radius 3 is 2.62 bits per heavy atom. The zero-order valence-corrected chi connectivity index (χ0v) is 11.8. The van der Waals surface area contributed by atoms with Gasteiger partial charge in [0.1, 0.15) is 0 Å². The molecule has 2 nitrogen and oxygen atoms in total. The molecule has 0 aliphatic carbocycles. The van der Waals surface area contributed by atoms with Crippen molar-refractivity contribution in [2.75, 3.05) is 0 Å². The first-order valence-electron chi connectivity index (χ1n) is 4.70. The first-order chi connectivity index (χ1) is 7.42. The van der Waals surface area contributed by atoms with Gasteiger partial charge < -0.3 is 5.11 Å². The van der Waals surface area contributed by atoms with Crippen LogP contribution < -0.4 is 0 Å². The van der Waals surface area contributed by atoms with Crippen molar-refractivity contribution in [2.45, 2.75) is 21.7 Å². The van der Waals surface area contributed by atoms with Crippen LogP contribution in [0, 0.1) is 0 Å². The molecule has 0 fully saturated rings. The summed E-state index contributed by atoms with van der Waals surface area (Å²) in [4.78, 5) is 10.8. The van der Waals surface area contributed by atoms with Crippen LogP contribution in [-0.2, 0) is 11.2 Å². The lowest BCUT2D eigenvalue weighted by molar-refractivity contribution is -0.137. The third kappa shape index (κ3) is 4.36. The Morgan fingerprint density at radius 1 is 1.56 bits per heavy atom. The number of carboxylic acid groups (broad SMARTS) is 1. The molecule has 2 atom stereocenters. The number of carbonyl (C=O) groups is 1. The summed E-state index contributed by atoms with van der Waals surface area (Å²) in [5.74, 6) is -1.02. The number of carboxylic acids is 1. The molecule has 1 N–H and O–H groups in total. The summed E-state index contributed by atoms with van der Waals surface area (Å²) in [6.45, 7) is 1.49. The molecule has 16 heavy (non-hydrogen) atoms. The van der Waals surface area contributed by atoms with Gasteiger partial charge >= 0.3 is 5.97 Å². The topological polar surface area (TPSA) is 37.3 Å². The minimum absolute atomic E-state index is 0.0199. The van der Waals surface area contributed by atoms with Crippen molar-refractivity contribution in [1.82, 2.24) is 0 Å². The summed E-state index contributed by atoms with van der Waals surface area (Å²) in [6, 6.07) is 9.86. The van der Waals surface area contributed by atoms with E-state index >= 15 is 0 Å². The second kappa shape index (κ2) is 5.94. The largest absolute Gasteiger partial charge is 0.479 e. The summed E-state index contributed by atoms with van der Waals surface area (Å²) in [7, 11) is 0. The molecule has 0 aromatic heterocycles. The van der Waals surface area contributed by atoms with E-state index in [2.05, 4.69) is 15.9 Å². The number of hydrogen-bond acceptors (Lipinski definition) is 2. The van der Waals surface area contributed by atoms with Crippen molar-refractivity contribution >= 4 is 45.3 Å². The molecule has 0 saturated carbocycles. The van der Waals surface area contributed by atoms with Crippen LogP contribution in [0.2, 0.25) is 0 Å². The SMILES string of the molecule is CC(Cl)(SC(Br)Cc1ccccc1)C(=O)O. The molecule has 0 saturated heterocycles. The number of rotatable bonds is 5. The minimum atomic E-state index is -1.29. The Morgan fingerprint density at radius 2 is 2.12 bits per heavy atom. The van der Waals surface area contributed by atoms with Gasteiger partial charge in [0.2, 0.25) is 0 Å². The summed E-state index contributed by atoms with van der Waals surface area (Å²) < 4.78 is -1.31. The molecule has 5 heteroatoms. The van der Waals surface area contributed by atoms with E-state index in [1.165, 1.54) is 18.7 Å². The highest BCUT2D eigenvalue weighted by Gasteiger charge is 2.33. The molecular weight excluding hydrogens is 312 g/mol. The summed E-state index contributed by atoms with van der Waals surface area (Å²) in [5.41, 5.74) is 1.15. The van der Waals surface area contributed by atoms with Crippen molar-refractivity contribution in [1.29, 1.82) is 0 Å². The van der Waals surface area contributed by atoms with Crippen LogP contribution in [0.25, 0.3) is 0 Å². The molecule has 0 bridgehead atoms. The fraction of sp³-hybridized carbons (Fsp3) is 0.364. The lowest BCUT2D eigenvalue weighted by atomic mass is 10.2. The van der Waals surface area contributed by atoms with E-state index in [0.29, 0.717) is 0 Å². The molecule has 88 valence electrons. The maximum atomic E-state index is 10.8. The van der Waals surface area contributed by atoms with Gasteiger partial charge in [-0.15, -0.1) is 11.8 Å². The second-order valence-corrected chi connectivity index (χ2v) is 7.75. The van der Waals surface area contributed by atoms with E-state index in [1.807, 2.05) is 30.3 Å². The summed E-state index contributed by atoms with van der Waals surface area (Å²) in [5, 5.41) is 8.88. The Kier molecular flexibility index (Phi) is 5.15. The molecule has 1 rings (SSSR count). The van der Waals surface area contributed by atoms with Gasteiger partial charge in [-0.1, -0.05) is 57.9 Å². The van der Waals surface area contributed by atoms with Crippen molar-refractivity contribution < 1.29 is 9.90 Å². The van der Waals surface area contributed by atoms with Gasteiger partial charge in [-0.2, -0.15) is 0 Å². The number of alkyl halides is 2. The van der Waals surface area contributed by atoms with Crippen molar-refractivity contribution in [3.8, 4) is 0 Å². The molecule has 0 aliphatic rings. The van der Waals surface area contributed by atoms with Crippen LogP contribution in [0.3, 0.4) is 0 Å². The van der Waals surface area contributed by atoms with E-state index in [-0.39, 0.29) is 4.16 Å². The maximum Gasteiger partial charge on any atom is 0.334 e. The van der Waals surface area contributed by atoms with Crippen LogP contribution in [0.4, 0.5) is 0 Å². The number of hydrogen-bond donors (Lipinski definition) is 1. The maximum absolute atomic E-state index is 10.8. The van der Waals surface area contributed by atoms with Crippen LogP contribution in [-0.4, -0.2) is 19.4 Å². The molecule has 0 radical (unpaired) electrons. The third-order valence-electron chi connectivity index (χ3n) is 1.97. The smallest absolute Gasteiger partial charge is 0.334 e. The van der Waals surface area contributed by atoms with Gasteiger partial charge in [0, 0.05) is 0 Å². The minimum Gasteiger partial charge on any atom is -0.479 e. The van der Waals surface area contributed by atoms with Gasteiger partial charge in [0.05, 0.1) is 4.16 Å². The van der Waals surface area contributed by atoms with Crippen LogP contribution in [0.1, 0.15) is 12.5 Å². The van der Waals surface area contributed by atoms with E-state index in [1.54, 1.807) is 0 Å². The molecule has 2 unspecified atom stereocenters. The van der Waals surface area contributed by atoms with Crippen LogP contribution in [0.5, 0.6) is 0 Å². The average Bonchev–Trinajstić information content (AvgIpc) is 2.17. The quantitative estimate of drug-likeness (QED) is 0.839. The number of halogens is 2. The third-order valence-corrected chi connectivity index (χ3v) is 4.32. The molecular formula is C11H12BrClO2S. The Balaban J connectivity index is 2.54. The summed E-state index contributed by atoms with van der Waals surface area (Å²) in [6.07, 6.45) is 0.737. The Bertz CT molecular complexity index is 356. The monoisotopic (exact) mass is 322 g/mol. The molecule has 1 aromatic carbocycles. The lowest BCUT2D eigenvalue weighted by Gasteiger charge is -2.19. The van der Waals surface area contributed by atoms with Gasteiger partial charge in [0.15, 0.2) is 4.21 Å². The first kappa shape index (κ1) is 13.9. The van der Waals surface area contributed by atoms with E-state index in [9.17, 15) is 4.79 Å². The Hall–Kier alpha value is -0.190. The fourth-order valence-electron chi connectivity index (χ4n) is 1.13. The predicted molar refractivity (Wildman–Crippen MR) is 72.3 cm³/mol. The van der Waals surface area contributed by atoms with Crippen molar-refractivity contribution in [2.24, 2.45) is 0 Å². The van der Waals surface area contributed by atoms with Gasteiger partial charge in [-0.25, -0.2) is 4.79 Å². The fourth-order valence-corrected chi connectivity index (χ4v) is 4.13. The summed E-state index contributed by atoms with van der Waals surface area (Å²) >= 11 is 10.5. The number of benzene rings is 1. The van der Waals surface area contributed by atoms with Crippen LogP contribution >= 0.6 is 39.3 Å². The predicted octanol–water partition coefficient (Wildman–Crippen LogP) is 3.72. The van der Waals surface area contributed by atoms with Crippen LogP contribution in [0.15, 0.2) is 30.3 Å². The number of thioether (sulfide) groups is 1. The zero-order chi connectivity index (χ0) is 12.2. The molecule has 1 aromatic rings. The average molecular weight is 324 g/mol. The molecule has 0 heterocycles. The van der Waals surface area contributed by atoms with E-state index < -0.39 is 10.2 Å². The van der Waals surface area contributed by atoms with Gasteiger partial charge in [0.25, 0.3) is 0 Å². The second-order valence-electron chi connectivity index (χ2n) is 3.44. The highest BCUT2D eigenvalue weighted by molar-refractivity contribution is 9.11. The standard InChI is InChI=1S/C11H12BrClO2S/c1-11(13,10(14)15)16-9(12)7-8-5-3-2-4-6-8/h2-6,9H,7H2,1H3,(H,14,15). The number of aliphatic carboxylic acids is 1. The van der Waals surface area contributed by atoms with Gasteiger partial charge in [-0.05, 0) is 18.9 Å². The van der Waals surface area contributed by atoms with Crippen molar-refractivity contribution in [3.63, 3.8) is 0 Å². The van der Waals surface area contributed by atoms with E-state index in [4.69, 9.17) is 16.7 Å². The van der Waals surface area contributed by atoms with Gasteiger partial charge in [-0.3, -0.25) is 0 Å². The normalized spacial score (nSPS) is 16.4. The van der Waals surface area contributed by atoms with Crippen molar-refractivity contribution in [3.05, 3.63) is 35.9 Å². The highest BCUT2D eigenvalue weighted by atomic mass is 79.9. The molecule has 0 spiro atoms.